The molecule has 0 unspecified atom stereocenters. The monoisotopic (exact) mass is 258 g/mol. The van der Waals surface area contributed by atoms with Crippen molar-refractivity contribution in [3.8, 4) is 0 Å². The molecule has 0 aliphatic rings. The molecule has 1 aromatic rings. The Morgan fingerprint density at radius 1 is 1.21 bits per heavy atom. The molecular formula is C12H19BrO. The molecule has 0 atom stereocenters. The summed E-state index contributed by atoms with van der Waals surface area (Å²) in [6.07, 6.45) is 0. The molecular weight excluding hydrogens is 240 g/mol. The van der Waals surface area contributed by atoms with Crippen molar-refractivity contribution >= 4 is 15.9 Å². The van der Waals surface area contributed by atoms with Gasteiger partial charge in [0.2, 0.25) is 0 Å². The molecule has 0 fully saturated rings. The Balaban J connectivity index is 0.000000500. The van der Waals surface area contributed by atoms with Crippen LogP contribution in [-0.4, -0.2) is 14.2 Å². The van der Waals surface area contributed by atoms with Crippen LogP contribution < -0.4 is 0 Å². The zero-order chi connectivity index (χ0) is 11.1. The van der Waals surface area contributed by atoms with E-state index in [1.54, 1.807) is 14.2 Å². The van der Waals surface area contributed by atoms with Crippen molar-refractivity contribution in [1.29, 1.82) is 0 Å². The van der Waals surface area contributed by atoms with Crippen LogP contribution in [0.4, 0.5) is 0 Å². The Morgan fingerprint density at radius 3 is 2.07 bits per heavy atom. The van der Waals surface area contributed by atoms with Gasteiger partial charge in [-0.3, -0.25) is 0 Å². The van der Waals surface area contributed by atoms with Gasteiger partial charge in [0.15, 0.2) is 0 Å². The van der Waals surface area contributed by atoms with Gasteiger partial charge in [0.05, 0.1) is 0 Å². The van der Waals surface area contributed by atoms with E-state index in [-0.39, 0.29) is 0 Å². The highest BCUT2D eigenvalue weighted by Gasteiger charge is 2.03. The van der Waals surface area contributed by atoms with E-state index >= 15 is 0 Å². The molecule has 0 saturated heterocycles. The summed E-state index contributed by atoms with van der Waals surface area (Å²) in [6, 6.07) is 6.36. The quantitative estimate of drug-likeness (QED) is 0.736. The van der Waals surface area contributed by atoms with E-state index in [1.807, 2.05) is 0 Å². The molecule has 80 valence electrons. The highest BCUT2D eigenvalue weighted by Crippen LogP contribution is 2.24. The Labute approximate surface area is 95.6 Å². The second-order valence-corrected chi connectivity index (χ2v) is 4.37. The van der Waals surface area contributed by atoms with E-state index < -0.39 is 0 Å². The summed E-state index contributed by atoms with van der Waals surface area (Å²) in [6.45, 7) is 6.59. The average molecular weight is 259 g/mol. The van der Waals surface area contributed by atoms with Crippen molar-refractivity contribution in [2.75, 3.05) is 14.2 Å². The Morgan fingerprint density at radius 2 is 1.71 bits per heavy atom. The summed E-state index contributed by atoms with van der Waals surface area (Å²) in [5, 5.41) is 0. The first-order valence-corrected chi connectivity index (χ1v) is 5.49. The van der Waals surface area contributed by atoms with E-state index in [9.17, 15) is 0 Å². The van der Waals surface area contributed by atoms with Gasteiger partial charge < -0.3 is 4.74 Å². The van der Waals surface area contributed by atoms with Crippen LogP contribution in [0.5, 0.6) is 0 Å². The van der Waals surface area contributed by atoms with Gasteiger partial charge in [0, 0.05) is 18.7 Å². The maximum atomic E-state index is 4.25. The maximum absolute atomic E-state index is 4.25. The molecule has 0 radical (unpaired) electrons. The van der Waals surface area contributed by atoms with Crippen molar-refractivity contribution in [3.63, 3.8) is 0 Å². The molecule has 0 aliphatic carbocycles. The van der Waals surface area contributed by atoms with Crippen LogP contribution >= 0.6 is 15.9 Å². The molecule has 1 aromatic carbocycles. The van der Waals surface area contributed by atoms with Gasteiger partial charge in [-0.15, -0.1) is 0 Å². The minimum absolute atomic E-state index is 0.618. The average Bonchev–Trinajstić information content (AvgIpc) is 2.10. The highest BCUT2D eigenvalue weighted by molar-refractivity contribution is 9.10. The standard InChI is InChI=1S/C10H13Br.C2H6O/c1-7(2)9-5-4-6-10(11)8(9)3;1-3-2/h4-7H,1-3H3;1-2H3. The third kappa shape index (κ3) is 4.25. The van der Waals surface area contributed by atoms with E-state index in [0.717, 1.165) is 0 Å². The first-order valence-electron chi connectivity index (χ1n) is 4.69. The molecule has 0 amide bonds. The predicted octanol–water partition coefficient (Wildman–Crippen LogP) is 4.14. The van der Waals surface area contributed by atoms with Crippen molar-refractivity contribution in [1.82, 2.24) is 0 Å². The van der Waals surface area contributed by atoms with Gasteiger partial charge in [-0.1, -0.05) is 41.9 Å². The van der Waals surface area contributed by atoms with Crippen LogP contribution in [0.15, 0.2) is 22.7 Å². The zero-order valence-electron chi connectivity index (χ0n) is 9.60. The lowest BCUT2D eigenvalue weighted by atomic mass is 9.98. The summed E-state index contributed by atoms with van der Waals surface area (Å²) in [4.78, 5) is 0. The highest BCUT2D eigenvalue weighted by atomic mass is 79.9. The molecule has 0 bridgehead atoms. The van der Waals surface area contributed by atoms with E-state index in [0.29, 0.717) is 5.92 Å². The Hall–Kier alpha value is -0.340. The van der Waals surface area contributed by atoms with Gasteiger partial charge in [-0.2, -0.15) is 0 Å². The maximum Gasteiger partial charge on any atom is 0.0351 e. The van der Waals surface area contributed by atoms with Gasteiger partial charge in [0.25, 0.3) is 0 Å². The third-order valence-electron chi connectivity index (χ3n) is 1.93. The van der Waals surface area contributed by atoms with E-state index in [4.69, 9.17) is 0 Å². The lowest BCUT2D eigenvalue weighted by Crippen LogP contribution is -1.91. The van der Waals surface area contributed by atoms with Crippen molar-refractivity contribution in [2.24, 2.45) is 0 Å². The number of hydrogen-bond donors (Lipinski definition) is 0. The summed E-state index contributed by atoms with van der Waals surface area (Å²) in [5.41, 5.74) is 2.79. The fourth-order valence-corrected chi connectivity index (χ4v) is 1.63. The largest absolute Gasteiger partial charge is 0.388 e. The fourth-order valence-electron chi connectivity index (χ4n) is 1.25. The topological polar surface area (TPSA) is 9.23 Å². The SMILES string of the molecule is COC.Cc1c(Br)cccc1C(C)C. The molecule has 14 heavy (non-hydrogen) atoms. The van der Waals surface area contributed by atoms with Gasteiger partial charge in [-0.05, 0) is 30.0 Å². The van der Waals surface area contributed by atoms with Gasteiger partial charge in [0.1, 0.15) is 0 Å². The lowest BCUT2D eigenvalue weighted by Gasteiger charge is -2.09. The molecule has 1 nitrogen and oxygen atoms in total. The Bertz CT molecular complexity index is 269. The molecule has 0 saturated carbocycles. The molecule has 0 N–H and O–H groups in total. The van der Waals surface area contributed by atoms with E-state index in [2.05, 4.69) is 59.6 Å². The molecule has 1 rings (SSSR count). The van der Waals surface area contributed by atoms with Crippen LogP contribution in [0.25, 0.3) is 0 Å². The number of ether oxygens (including phenoxy) is 1. The minimum atomic E-state index is 0.618. The molecule has 0 spiro atoms. The number of hydrogen-bond acceptors (Lipinski definition) is 1. The normalized spacial score (nSPS) is 9.64. The van der Waals surface area contributed by atoms with Crippen LogP contribution in [0.1, 0.15) is 30.9 Å². The van der Waals surface area contributed by atoms with Crippen LogP contribution in [-0.2, 0) is 4.74 Å². The summed E-state index contributed by atoms with van der Waals surface area (Å²) in [7, 11) is 3.25. The van der Waals surface area contributed by atoms with Crippen LogP contribution in [0.3, 0.4) is 0 Å². The van der Waals surface area contributed by atoms with Gasteiger partial charge >= 0.3 is 0 Å². The van der Waals surface area contributed by atoms with E-state index in [1.165, 1.54) is 15.6 Å². The van der Waals surface area contributed by atoms with Gasteiger partial charge in [-0.25, -0.2) is 0 Å². The van der Waals surface area contributed by atoms with Crippen molar-refractivity contribution in [3.05, 3.63) is 33.8 Å². The lowest BCUT2D eigenvalue weighted by molar-refractivity contribution is 0.277. The number of methoxy groups -OCH3 is 1. The van der Waals surface area contributed by atoms with Crippen LogP contribution in [0, 0.1) is 6.92 Å². The summed E-state index contributed by atoms with van der Waals surface area (Å²) in [5.74, 6) is 0.618. The Kier molecular flexibility index (Phi) is 6.85. The second-order valence-electron chi connectivity index (χ2n) is 3.52. The first-order chi connectivity index (χ1) is 6.54. The minimum Gasteiger partial charge on any atom is -0.388 e. The smallest absolute Gasteiger partial charge is 0.0351 e. The fraction of sp³-hybridized carbons (Fsp3) is 0.500. The predicted molar refractivity (Wildman–Crippen MR) is 65.9 cm³/mol. The van der Waals surface area contributed by atoms with Crippen molar-refractivity contribution in [2.45, 2.75) is 26.7 Å². The second kappa shape index (κ2) is 7.02. The molecule has 0 aliphatic heterocycles. The number of halogens is 1. The summed E-state index contributed by atoms with van der Waals surface area (Å²) < 4.78 is 5.46. The molecule has 0 aromatic heterocycles. The third-order valence-corrected chi connectivity index (χ3v) is 2.79. The summed E-state index contributed by atoms with van der Waals surface area (Å²) >= 11 is 3.51. The number of rotatable bonds is 1. The first kappa shape index (κ1) is 13.7. The molecule has 0 heterocycles. The zero-order valence-corrected chi connectivity index (χ0v) is 11.2. The van der Waals surface area contributed by atoms with Crippen molar-refractivity contribution < 1.29 is 4.74 Å². The number of benzene rings is 1. The van der Waals surface area contributed by atoms with Crippen LogP contribution in [0.2, 0.25) is 0 Å². The molecule has 2 heteroatoms.